The minimum absolute atomic E-state index is 0.0833. The standard InChI is InChI=1S/C6H8N2O.C5H6N2O2/c1-4-3-6(9)8-5(2)7-4;1-3-2-4(8)7-5(9)6-3/h3H,1-2H3,(H,7,8,9);2H,1H3,(H2,6,7,8,9). The molecule has 2 aromatic rings. The van der Waals surface area contributed by atoms with Gasteiger partial charge in [-0.3, -0.25) is 14.6 Å². The molecule has 0 unspecified atom stereocenters. The molecule has 96 valence electrons. The highest BCUT2D eigenvalue weighted by Gasteiger charge is 1.88. The molecule has 0 amide bonds. The Bertz CT molecular complexity index is 645. The predicted octanol–water partition coefficient (Wildman–Crippen LogP) is -0.242. The number of H-pyrrole nitrogens is 3. The second-order valence-electron chi connectivity index (χ2n) is 3.74. The van der Waals surface area contributed by atoms with Gasteiger partial charge in [0.1, 0.15) is 5.82 Å². The van der Waals surface area contributed by atoms with E-state index >= 15 is 0 Å². The first kappa shape index (κ1) is 13.6. The van der Waals surface area contributed by atoms with Crippen molar-refractivity contribution in [3.8, 4) is 0 Å². The fourth-order valence-corrected chi connectivity index (χ4v) is 1.32. The maximum atomic E-state index is 10.6. The van der Waals surface area contributed by atoms with Crippen molar-refractivity contribution in [2.45, 2.75) is 20.8 Å². The number of aromatic nitrogens is 4. The average molecular weight is 250 g/mol. The molecule has 0 saturated carbocycles. The summed E-state index contributed by atoms with van der Waals surface area (Å²) in [5.41, 5.74) is 0.427. The molecule has 18 heavy (non-hydrogen) atoms. The number of rotatable bonds is 0. The zero-order chi connectivity index (χ0) is 13.7. The number of aryl methyl sites for hydroxylation is 3. The van der Waals surface area contributed by atoms with Crippen molar-refractivity contribution in [1.82, 2.24) is 19.9 Å². The van der Waals surface area contributed by atoms with Crippen LogP contribution in [0.3, 0.4) is 0 Å². The number of hydrogen-bond donors (Lipinski definition) is 3. The molecule has 0 aliphatic rings. The van der Waals surface area contributed by atoms with Gasteiger partial charge in [0.05, 0.1) is 0 Å². The Hall–Kier alpha value is -2.44. The van der Waals surface area contributed by atoms with Gasteiger partial charge >= 0.3 is 5.69 Å². The van der Waals surface area contributed by atoms with Crippen LogP contribution in [-0.2, 0) is 0 Å². The summed E-state index contributed by atoms with van der Waals surface area (Å²) in [5.74, 6) is 0.667. The highest BCUT2D eigenvalue weighted by atomic mass is 16.2. The van der Waals surface area contributed by atoms with Gasteiger partial charge in [0.2, 0.25) is 0 Å². The van der Waals surface area contributed by atoms with Gasteiger partial charge in [0, 0.05) is 23.5 Å². The topological polar surface area (TPSA) is 111 Å². The van der Waals surface area contributed by atoms with Crippen LogP contribution in [-0.4, -0.2) is 19.9 Å². The van der Waals surface area contributed by atoms with Crippen molar-refractivity contribution in [1.29, 1.82) is 0 Å². The second kappa shape index (κ2) is 5.76. The lowest BCUT2D eigenvalue weighted by Gasteiger charge is -1.90. The van der Waals surface area contributed by atoms with Gasteiger partial charge in [-0.25, -0.2) is 9.78 Å². The van der Waals surface area contributed by atoms with E-state index in [1.165, 1.54) is 12.1 Å². The third-order valence-electron chi connectivity index (χ3n) is 1.88. The Morgan fingerprint density at radius 2 is 1.50 bits per heavy atom. The van der Waals surface area contributed by atoms with Crippen molar-refractivity contribution in [2.75, 3.05) is 0 Å². The van der Waals surface area contributed by atoms with Crippen LogP contribution in [0.1, 0.15) is 17.2 Å². The molecule has 0 radical (unpaired) electrons. The lowest BCUT2D eigenvalue weighted by Crippen LogP contribution is -2.21. The van der Waals surface area contributed by atoms with Gasteiger partial charge in [0.15, 0.2) is 0 Å². The van der Waals surface area contributed by atoms with Crippen molar-refractivity contribution >= 4 is 0 Å². The summed E-state index contributed by atoms with van der Waals surface area (Å²) in [6, 6.07) is 2.79. The molecule has 0 fully saturated rings. The van der Waals surface area contributed by atoms with Gasteiger partial charge in [0.25, 0.3) is 11.1 Å². The molecule has 0 spiro atoms. The van der Waals surface area contributed by atoms with Gasteiger partial charge in [-0.1, -0.05) is 0 Å². The fraction of sp³-hybridized carbons (Fsp3) is 0.273. The molecule has 2 heterocycles. The van der Waals surface area contributed by atoms with Crippen molar-refractivity contribution in [2.24, 2.45) is 0 Å². The van der Waals surface area contributed by atoms with Crippen LogP contribution in [0.2, 0.25) is 0 Å². The number of nitrogens with zero attached hydrogens (tertiary/aromatic N) is 1. The summed E-state index contributed by atoms with van der Waals surface area (Å²) in [4.78, 5) is 42.4. The van der Waals surface area contributed by atoms with Crippen molar-refractivity contribution in [3.05, 3.63) is 60.5 Å². The SMILES string of the molecule is Cc1cc(=O)[nH]c(=O)[nH]1.Cc1cc(=O)[nH]c(C)n1. The Morgan fingerprint density at radius 3 is 1.94 bits per heavy atom. The summed E-state index contributed by atoms with van der Waals surface area (Å²) in [5, 5.41) is 0. The minimum Gasteiger partial charge on any atom is -0.312 e. The van der Waals surface area contributed by atoms with E-state index in [1.54, 1.807) is 20.8 Å². The van der Waals surface area contributed by atoms with E-state index in [0.29, 0.717) is 11.5 Å². The summed E-state index contributed by atoms with van der Waals surface area (Å²) in [7, 11) is 0. The third-order valence-corrected chi connectivity index (χ3v) is 1.88. The number of nitrogens with one attached hydrogen (secondary N) is 3. The van der Waals surface area contributed by atoms with Crippen molar-refractivity contribution < 1.29 is 0 Å². The normalized spacial score (nSPS) is 9.50. The van der Waals surface area contributed by atoms with Crippen LogP contribution in [0.4, 0.5) is 0 Å². The Balaban J connectivity index is 0.000000180. The van der Waals surface area contributed by atoms with Crippen LogP contribution < -0.4 is 16.8 Å². The molecule has 0 aliphatic heterocycles. The molecular formula is C11H14N4O3. The van der Waals surface area contributed by atoms with E-state index in [-0.39, 0.29) is 11.1 Å². The maximum Gasteiger partial charge on any atom is 0.325 e. The summed E-state index contributed by atoms with van der Waals surface area (Å²) >= 11 is 0. The van der Waals surface area contributed by atoms with E-state index in [1.807, 2.05) is 4.98 Å². The largest absolute Gasteiger partial charge is 0.325 e. The van der Waals surface area contributed by atoms with E-state index in [0.717, 1.165) is 5.69 Å². The quantitative estimate of drug-likeness (QED) is 0.599. The first-order valence-electron chi connectivity index (χ1n) is 5.21. The maximum absolute atomic E-state index is 10.6. The highest BCUT2D eigenvalue weighted by molar-refractivity contribution is 4.98. The first-order chi connectivity index (χ1) is 8.36. The molecule has 0 bridgehead atoms. The van der Waals surface area contributed by atoms with E-state index in [2.05, 4.69) is 15.0 Å². The zero-order valence-electron chi connectivity index (χ0n) is 10.3. The molecular weight excluding hydrogens is 236 g/mol. The first-order valence-corrected chi connectivity index (χ1v) is 5.21. The molecule has 2 rings (SSSR count). The van der Waals surface area contributed by atoms with Crippen LogP contribution in [0.5, 0.6) is 0 Å². The minimum atomic E-state index is -0.458. The van der Waals surface area contributed by atoms with Crippen LogP contribution >= 0.6 is 0 Å². The van der Waals surface area contributed by atoms with E-state index < -0.39 is 5.69 Å². The molecule has 7 nitrogen and oxygen atoms in total. The van der Waals surface area contributed by atoms with Gasteiger partial charge in [-0.2, -0.15) is 0 Å². The second-order valence-corrected chi connectivity index (χ2v) is 3.74. The average Bonchev–Trinajstić information content (AvgIpc) is 2.12. The van der Waals surface area contributed by atoms with Crippen molar-refractivity contribution in [3.63, 3.8) is 0 Å². The lowest BCUT2D eigenvalue weighted by atomic mass is 10.4. The molecule has 0 saturated heterocycles. The molecule has 0 aliphatic carbocycles. The smallest absolute Gasteiger partial charge is 0.312 e. The van der Waals surface area contributed by atoms with Crippen LogP contribution in [0.15, 0.2) is 26.5 Å². The number of hydrogen-bond acceptors (Lipinski definition) is 4. The van der Waals surface area contributed by atoms with Gasteiger partial charge in [-0.15, -0.1) is 0 Å². The molecule has 2 aromatic heterocycles. The molecule has 0 aromatic carbocycles. The van der Waals surface area contributed by atoms with Gasteiger partial charge in [-0.05, 0) is 20.8 Å². The predicted molar refractivity (Wildman–Crippen MR) is 66.8 cm³/mol. The Morgan fingerprint density at radius 1 is 0.889 bits per heavy atom. The monoisotopic (exact) mass is 250 g/mol. The highest BCUT2D eigenvalue weighted by Crippen LogP contribution is 1.84. The third kappa shape index (κ3) is 4.60. The zero-order valence-corrected chi connectivity index (χ0v) is 10.3. The molecule has 7 heteroatoms. The summed E-state index contributed by atoms with van der Waals surface area (Å²) in [6.45, 7) is 5.20. The Labute approximate surface area is 102 Å². The fourth-order valence-electron chi connectivity index (χ4n) is 1.32. The summed E-state index contributed by atoms with van der Waals surface area (Å²) < 4.78 is 0. The van der Waals surface area contributed by atoms with E-state index in [4.69, 9.17) is 0 Å². The van der Waals surface area contributed by atoms with Crippen LogP contribution in [0, 0.1) is 20.8 Å². The van der Waals surface area contributed by atoms with Crippen LogP contribution in [0.25, 0.3) is 0 Å². The van der Waals surface area contributed by atoms with Gasteiger partial charge < -0.3 is 9.97 Å². The Kier molecular flexibility index (Phi) is 4.36. The van der Waals surface area contributed by atoms with E-state index in [9.17, 15) is 14.4 Å². The lowest BCUT2D eigenvalue weighted by molar-refractivity contribution is 0.982. The molecule has 0 atom stereocenters. The molecule has 3 N–H and O–H groups in total. The summed E-state index contributed by atoms with van der Waals surface area (Å²) in [6.07, 6.45) is 0. The number of aromatic amines is 3.